The first kappa shape index (κ1) is 24.1. The molecule has 1 fully saturated rings. The highest BCUT2D eigenvalue weighted by atomic mass is 16.6. The Hall–Kier alpha value is -4.07. The van der Waals surface area contributed by atoms with Crippen LogP contribution in [0.2, 0.25) is 0 Å². The summed E-state index contributed by atoms with van der Waals surface area (Å²) >= 11 is 0. The number of nitro benzene ring substituents is 1. The Bertz CT molecular complexity index is 1160. The average Bonchev–Trinajstić information content (AvgIpc) is 2.89. The normalized spacial score (nSPS) is 14.3. The van der Waals surface area contributed by atoms with Crippen LogP contribution in [0.1, 0.15) is 35.8 Å². The highest BCUT2D eigenvalue weighted by Gasteiger charge is 2.24. The predicted molar refractivity (Wildman–Crippen MR) is 137 cm³/mol. The molecule has 4 rings (SSSR count). The van der Waals surface area contributed by atoms with E-state index >= 15 is 0 Å². The van der Waals surface area contributed by atoms with Gasteiger partial charge in [0.2, 0.25) is 0 Å². The van der Waals surface area contributed by atoms with Crippen LogP contribution in [0.25, 0.3) is 0 Å². The van der Waals surface area contributed by atoms with Crippen molar-refractivity contribution in [1.29, 1.82) is 0 Å². The SMILES string of the molecule is CCOc1ccc(C(=O)N2CCN(c3ccc([N+](=O)[O-])c(N[C@@H](C)c4ccccc4)c3)CC2)cc1. The lowest BCUT2D eigenvalue weighted by Gasteiger charge is -2.36. The number of rotatable bonds is 8. The van der Waals surface area contributed by atoms with E-state index in [1.54, 1.807) is 24.3 Å². The summed E-state index contributed by atoms with van der Waals surface area (Å²) in [5, 5.41) is 14.9. The van der Waals surface area contributed by atoms with E-state index < -0.39 is 0 Å². The number of amides is 1. The van der Waals surface area contributed by atoms with Crippen LogP contribution in [-0.2, 0) is 0 Å². The van der Waals surface area contributed by atoms with Crippen LogP contribution in [0.4, 0.5) is 17.1 Å². The molecule has 3 aromatic carbocycles. The number of carbonyl (C=O) groups is 1. The van der Waals surface area contributed by atoms with E-state index in [-0.39, 0.29) is 22.6 Å². The first-order valence-corrected chi connectivity index (χ1v) is 11.8. The molecule has 0 bridgehead atoms. The van der Waals surface area contributed by atoms with Crippen LogP contribution >= 0.6 is 0 Å². The maximum Gasteiger partial charge on any atom is 0.292 e. The second-order valence-electron chi connectivity index (χ2n) is 8.47. The Morgan fingerprint density at radius 2 is 1.71 bits per heavy atom. The molecule has 35 heavy (non-hydrogen) atoms. The number of anilines is 2. The van der Waals surface area contributed by atoms with Crippen molar-refractivity contribution in [3.63, 3.8) is 0 Å². The molecule has 0 radical (unpaired) electrons. The summed E-state index contributed by atoms with van der Waals surface area (Å²) in [4.78, 5) is 28.2. The maximum atomic E-state index is 12.9. The summed E-state index contributed by atoms with van der Waals surface area (Å²) < 4.78 is 5.45. The fourth-order valence-corrected chi connectivity index (χ4v) is 4.26. The van der Waals surface area contributed by atoms with E-state index in [2.05, 4.69) is 10.2 Å². The summed E-state index contributed by atoms with van der Waals surface area (Å²) in [6, 6.07) is 22.1. The second kappa shape index (κ2) is 10.9. The van der Waals surface area contributed by atoms with E-state index in [9.17, 15) is 14.9 Å². The van der Waals surface area contributed by atoms with Crippen LogP contribution in [0.15, 0.2) is 72.8 Å². The lowest BCUT2D eigenvalue weighted by molar-refractivity contribution is -0.384. The third-order valence-corrected chi connectivity index (χ3v) is 6.19. The quantitative estimate of drug-likeness (QED) is 0.360. The van der Waals surface area contributed by atoms with Gasteiger partial charge in [-0.15, -0.1) is 0 Å². The fraction of sp³-hybridized carbons (Fsp3) is 0.296. The van der Waals surface area contributed by atoms with Crippen molar-refractivity contribution in [3.05, 3.63) is 94.0 Å². The molecular formula is C27H30N4O4. The monoisotopic (exact) mass is 474 g/mol. The van der Waals surface area contributed by atoms with Gasteiger partial charge >= 0.3 is 0 Å². The van der Waals surface area contributed by atoms with Gasteiger partial charge in [-0.25, -0.2) is 0 Å². The van der Waals surface area contributed by atoms with Gasteiger partial charge in [0, 0.05) is 49.5 Å². The van der Waals surface area contributed by atoms with Gasteiger partial charge in [-0.3, -0.25) is 14.9 Å². The molecule has 0 spiro atoms. The van der Waals surface area contributed by atoms with Gasteiger partial charge in [-0.1, -0.05) is 30.3 Å². The Morgan fingerprint density at radius 1 is 1.03 bits per heavy atom. The number of nitrogens with zero attached hydrogens (tertiary/aromatic N) is 3. The number of nitro groups is 1. The number of nitrogens with one attached hydrogen (secondary N) is 1. The summed E-state index contributed by atoms with van der Waals surface area (Å²) in [5.74, 6) is 0.744. The van der Waals surface area contributed by atoms with Crippen molar-refractivity contribution >= 4 is 23.0 Å². The molecule has 0 unspecified atom stereocenters. The molecule has 0 saturated carbocycles. The van der Waals surface area contributed by atoms with Gasteiger partial charge < -0.3 is 19.9 Å². The summed E-state index contributed by atoms with van der Waals surface area (Å²) in [6.07, 6.45) is 0. The number of benzene rings is 3. The van der Waals surface area contributed by atoms with Crippen LogP contribution in [-0.4, -0.2) is 48.5 Å². The minimum Gasteiger partial charge on any atom is -0.494 e. The predicted octanol–water partition coefficient (Wildman–Crippen LogP) is 5.13. The Morgan fingerprint density at radius 3 is 2.34 bits per heavy atom. The molecule has 0 aromatic heterocycles. The zero-order chi connectivity index (χ0) is 24.8. The van der Waals surface area contributed by atoms with Crippen molar-refractivity contribution in [2.24, 2.45) is 0 Å². The first-order chi connectivity index (χ1) is 17.0. The van der Waals surface area contributed by atoms with E-state index in [1.807, 2.05) is 67.3 Å². The molecule has 8 heteroatoms. The molecule has 3 aromatic rings. The van der Waals surface area contributed by atoms with E-state index in [1.165, 1.54) is 0 Å². The maximum absolute atomic E-state index is 12.9. The van der Waals surface area contributed by atoms with E-state index in [0.29, 0.717) is 44.0 Å². The number of hydrogen-bond acceptors (Lipinski definition) is 6. The first-order valence-electron chi connectivity index (χ1n) is 11.8. The van der Waals surface area contributed by atoms with Crippen molar-refractivity contribution in [2.45, 2.75) is 19.9 Å². The lowest BCUT2D eigenvalue weighted by atomic mass is 10.1. The summed E-state index contributed by atoms with van der Waals surface area (Å²) in [7, 11) is 0. The molecule has 1 saturated heterocycles. The van der Waals surface area contributed by atoms with Gasteiger partial charge in [0.15, 0.2) is 0 Å². The van der Waals surface area contributed by atoms with Crippen LogP contribution in [0.5, 0.6) is 5.75 Å². The van der Waals surface area contributed by atoms with Gasteiger partial charge in [-0.05, 0) is 55.8 Å². The number of piperazine rings is 1. The third-order valence-electron chi connectivity index (χ3n) is 6.19. The van der Waals surface area contributed by atoms with Gasteiger partial charge in [0.1, 0.15) is 11.4 Å². The van der Waals surface area contributed by atoms with Crippen molar-refractivity contribution in [1.82, 2.24) is 4.90 Å². The number of ether oxygens (including phenoxy) is 1. The molecule has 1 aliphatic heterocycles. The molecule has 1 N–H and O–H groups in total. The van der Waals surface area contributed by atoms with Crippen molar-refractivity contribution < 1.29 is 14.5 Å². The van der Waals surface area contributed by atoms with Crippen molar-refractivity contribution in [3.8, 4) is 5.75 Å². The molecule has 0 aliphatic carbocycles. The summed E-state index contributed by atoms with van der Waals surface area (Å²) in [6.45, 7) is 6.94. The van der Waals surface area contributed by atoms with Gasteiger partial charge in [0.25, 0.3) is 11.6 Å². The summed E-state index contributed by atoms with van der Waals surface area (Å²) in [5.41, 5.74) is 3.11. The Balaban J connectivity index is 1.44. The van der Waals surface area contributed by atoms with Gasteiger partial charge in [0.05, 0.1) is 11.5 Å². The van der Waals surface area contributed by atoms with Gasteiger partial charge in [-0.2, -0.15) is 0 Å². The number of carbonyl (C=O) groups excluding carboxylic acids is 1. The molecule has 8 nitrogen and oxygen atoms in total. The number of hydrogen-bond donors (Lipinski definition) is 1. The molecule has 182 valence electrons. The highest BCUT2D eigenvalue weighted by Crippen LogP contribution is 2.33. The van der Waals surface area contributed by atoms with Crippen LogP contribution < -0.4 is 15.0 Å². The van der Waals surface area contributed by atoms with Crippen molar-refractivity contribution in [2.75, 3.05) is 43.0 Å². The highest BCUT2D eigenvalue weighted by molar-refractivity contribution is 5.94. The minimum absolute atomic E-state index is 0.00422. The smallest absolute Gasteiger partial charge is 0.292 e. The second-order valence-corrected chi connectivity index (χ2v) is 8.47. The average molecular weight is 475 g/mol. The Kier molecular flexibility index (Phi) is 7.50. The standard InChI is InChI=1S/C27H30N4O4/c1-3-35-24-12-9-22(10-13-24)27(32)30-17-15-29(16-18-30)23-11-14-26(31(33)34)25(19-23)28-20(2)21-7-5-4-6-8-21/h4-14,19-20,28H,3,15-18H2,1-2H3/t20-/m0/s1. The Labute approximate surface area is 205 Å². The molecule has 1 aliphatic rings. The fourth-order valence-electron chi connectivity index (χ4n) is 4.26. The topological polar surface area (TPSA) is 88.0 Å². The third kappa shape index (κ3) is 5.71. The zero-order valence-corrected chi connectivity index (χ0v) is 20.0. The van der Waals surface area contributed by atoms with E-state index in [4.69, 9.17) is 4.74 Å². The van der Waals surface area contributed by atoms with Crippen LogP contribution in [0, 0.1) is 10.1 Å². The molecule has 1 atom stereocenters. The minimum atomic E-state index is -0.364. The molecular weight excluding hydrogens is 444 g/mol. The molecule has 1 heterocycles. The largest absolute Gasteiger partial charge is 0.494 e. The zero-order valence-electron chi connectivity index (χ0n) is 20.0. The van der Waals surface area contributed by atoms with Crippen LogP contribution in [0.3, 0.4) is 0 Å². The van der Waals surface area contributed by atoms with E-state index in [0.717, 1.165) is 17.0 Å². The lowest BCUT2D eigenvalue weighted by Crippen LogP contribution is -2.48. The molecule has 1 amide bonds.